The summed E-state index contributed by atoms with van der Waals surface area (Å²) in [6, 6.07) is 20.7. The van der Waals surface area contributed by atoms with Crippen LogP contribution in [0.1, 0.15) is 55.4 Å². The first kappa shape index (κ1) is 31.6. The molecule has 3 atom stereocenters. The Morgan fingerprint density at radius 3 is 1.82 bits per heavy atom. The normalized spacial score (nSPS) is 21.0. The summed E-state index contributed by atoms with van der Waals surface area (Å²) in [5.41, 5.74) is 0. The van der Waals surface area contributed by atoms with Crippen molar-refractivity contribution in [3.63, 3.8) is 0 Å². The van der Waals surface area contributed by atoms with Gasteiger partial charge in [-0.3, -0.25) is 4.79 Å². The monoisotopic (exact) mass is 568 g/mol. The van der Waals surface area contributed by atoms with Crippen LogP contribution in [0.4, 0.5) is 0 Å². The molecule has 0 saturated carbocycles. The standard InChI is InChI=1S/C32H48O5Si2/c1-12-27(37-38(10,11)30(2,3)4)29-28(35-32(8,9)36-29)26(33)23-34-39(31(5,6)7,24-19-15-13-16-20-24)25-21-17-14-18-22-25/h12-22,27-29H,1,23H2,2-11H3/t27-,28-,29+/m1/s1. The first-order chi connectivity index (χ1) is 18.0. The van der Waals surface area contributed by atoms with E-state index in [1.54, 1.807) is 6.08 Å². The van der Waals surface area contributed by atoms with Crippen LogP contribution in [0.3, 0.4) is 0 Å². The van der Waals surface area contributed by atoms with E-state index in [2.05, 4.69) is 85.5 Å². The fourth-order valence-electron chi connectivity index (χ4n) is 5.07. The SMILES string of the molecule is C=C[C@@H](O[Si](C)(C)C(C)(C)C)[C@@H]1OC(C)(C)O[C@@H]1C(=O)CO[Si](c1ccccc1)(c1ccccc1)C(C)(C)C. The van der Waals surface area contributed by atoms with Crippen molar-refractivity contribution in [1.82, 2.24) is 0 Å². The summed E-state index contributed by atoms with van der Waals surface area (Å²) in [5.74, 6) is -1.08. The molecule has 0 unspecified atom stereocenters. The van der Waals surface area contributed by atoms with E-state index in [1.807, 2.05) is 50.2 Å². The number of rotatable bonds is 10. The average molecular weight is 569 g/mol. The second-order valence-electron chi connectivity index (χ2n) is 13.5. The van der Waals surface area contributed by atoms with Gasteiger partial charge in [0, 0.05) is 0 Å². The Labute approximate surface area is 238 Å². The fraction of sp³-hybridized carbons (Fsp3) is 0.531. The summed E-state index contributed by atoms with van der Waals surface area (Å²) < 4.78 is 26.1. The van der Waals surface area contributed by atoms with Gasteiger partial charge in [-0.05, 0) is 47.4 Å². The Balaban J connectivity index is 1.96. The quantitative estimate of drug-likeness (QED) is 0.251. The molecule has 7 heteroatoms. The van der Waals surface area contributed by atoms with E-state index < -0.39 is 40.7 Å². The molecule has 2 aromatic carbocycles. The molecule has 214 valence electrons. The molecule has 39 heavy (non-hydrogen) atoms. The Bertz CT molecular complexity index is 1080. The maximum atomic E-state index is 14.0. The van der Waals surface area contributed by atoms with Gasteiger partial charge in [-0.2, -0.15) is 0 Å². The molecule has 0 N–H and O–H groups in total. The fourth-order valence-corrected chi connectivity index (χ4v) is 10.8. The summed E-state index contributed by atoms with van der Waals surface area (Å²) in [7, 11) is -5.05. The lowest BCUT2D eigenvalue weighted by Gasteiger charge is -2.43. The van der Waals surface area contributed by atoms with Gasteiger partial charge in [-0.1, -0.05) is 108 Å². The van der Waals surface area contributed by atoms with Gasteiger partial charge >= 0.3 is 0 Å². The van der Waals surface area contributed by atoms with Crippen LogP contribution < -0.4 is 10.4 Å². The van der Waals surface area contributed by atoms with Crippen molar-refractivity contribution < 1.29 is 23.1 Å². The molecule has 1 saturated heterocycles. The van der Waals surface area contributed by atoms with Gasteiger partial charge < -0.3 is 18.3 Å². The highest BCUT2D eigenvalue weighted by Crippen LogP contribution is 2.41. The maximum Gasteiger partial charge on any atom is 0.261 e. The molecule has 0 spiro atoms. The van der Waals surface area contributed by atoms with Crippen molar-refractivity contribution >= 4 is 32.8 Å². The van der Waals surface area contributed by atoms with Crippen molar-refractivity contribution in [3.8, 4) is 0 Å². The number of carbonyl (C=O) groups excluding carboxylic acids is 1. The lowest BCUT2D eigenvalue weighted by atomic mass is 10.1. The number of benzene rings is 2. The van der Waals surface area contributed by atoms with Gasteiger partial charge in [0.1, 0.15) is 6.10 Å². The number of Topliss-reactive ketones (excluding diaryl/α,β-unsaturated/α-hetero) is 1. The van der Waals surface area contributed by atoms with E-state index in [1.165, 1.54) is 0 Å². The van der Waals surface area contributed by atoms with E-state index in [0.717, 1.165) is 10.4 Å². The van der Waals surface area contributed by atoms with Crippen molar-refractivity contribution in [2.45, 2.75) is 103 Å². The Kier molecular flexibility index (Phi) is 9.37. The molecule has 0 radical (unpaired) electrons. The van der Waals surface area contributed by atoms with E-state index in [-0.39, 0.29) is 22.5 Å². The van der Waals surface area contributed by atoms with E-state index in [0.29, 0.717) is 0 Å². The Hall–Kier alpha value is -1.88. The van der Waals surface area contributed by atoms with Crippen LogP contribution in [0.25, 0.3) is 0 Å². The third kappa shape index (κ3) is 6.72. The van der Waals surface area contributed by atoms with Crippen LogP contribution in [-0.2, 0) is 23.1 Å². The van der Waals surface area contributed by atoms with Crippen LogP contribution >= 0.6 is 0 Å². The molecule has 0 bridgehead atoms. The molecular weight excluding hydrogens is 521 g/mol. The smallest absolute Gasteiger partial charge is 0.261 e. The molecule has 1 heterocycles. The number of carbonyl (C=O) groups is 1. The molecule has 1 fully saturated rings. The van der Waals surface area contributed by atoms with Crippen molar-refractivity contribution in [1.29, 1.82) is 0 Å². The molecule has 0 aliphatic carbocycles. The predicted molar refractivity (Wildman–Crippen MR) is 165 cm³/mol. The number of hydrogen-bond acceptors (Lipinski definition) is 5. The maximum absolute atomic E-state index is 14.0. The lowest BCUT2D eigenvalue weighted by molar-refractivity contribution is -0.158. The van der Waals surface area contributed by atoms with Gasteiger partial charge in [0.25, 0.3) is 8.32 Å². The van der Waals surface area contributed by atoms with E-state index in [9.17, 15) is 4.79 Å². The highest BCUT2D eigenvalue weighted by atomic mass is 28.4. The molecular formula is C32H48O5Si2. The van der Waals surface area contributed by atoms with Crippen LogP contribution in [0.2, 0.25) is 23.2 Å². The second kappa shape index (κ2) is 11.5. The van der Waals surface area contributed by atoms with E-state index in [4.69, 9.17) is 18.3 Å². The van der Waals surface area contributed by atoms with Gasteiger partial charge in [0.15, 0.2) is 26.0 Å². The van der Waals surface area contributed by atoms with Crippen molar-refractivity contribution in [3.05, 3.63) is 73.3 Å². The first-order valence-corrected chi connectivity index (χ1v) is 18.7. The van der Waals surface area contributed by atoms with E-state index >= 15 is 0 Å². The molecule has 5 nitrogen and oxygen atoms in total. The minimum absolute atomic E-state index is 0.00483. The van der Waals surface area contributed by atoms with Crippen molar-refractivity contribution in [2.24, 2.45) is 0 Å². The van der Waals surface area contributed by atoms with Gasteiger partial charge in [0.05, 0.1) is 12.7 Å². The minimum Gasteiger partial charge on any atom is -0.408 e. The van der Waals surface area contributed by atoms with Crippen LogP contribution in [0.15, 0.2) is 73.3 Å². The highest BCUT2D eigenvalue weighted by molar-refractivity contribution is 6.99. The summed E-state index contributed by atoms with van der Waals surface area (Å²) in [5, 5.41) is 2.01. The first-order valence-electron chi connectivity index (χ1n) is 13.9. The van der Waals surface area contributed by atoms with Gasteiger partial charge in [0.2, 0.25) is 0 Å². The summed E-state index contributed by atoms with van der Waals surface area (Å²) in [6.45, 7) is 25.2. The topological polar surface area (TPSA) is 54.0 Å². The molecule has 0 aromatic heterocycles. The Morgan fingerprint density at radius 1 is 0.923 bits per heavy atom. The molecule has 2 aromatic rings. The third-order valence-electron chi connectivity index (χ3n) is 8.09. The van der Waals surface area contributed by atoms with Gasteiger partial charge in [-0.15, -0.1) is 6.58 Å². The zero-order chi connectivity index (χ0) is 29.3. The zero-order valence-corrected chi connectivity index (χ0v) is 27.5. The molecule has 1 aliphatic rings. The third-order valence-corrected chi connectivity index (χ3v) is 17.5. The second-order valence-corrected chi connectivity index (χ2v) is 22.6. The predicted octanol–water partition coefficient (Wildman–Crippen LogP) is 6.23. The summed E-state index contributed by atoms with van der Waals surface area (Å²) in [4.78, 5) is 14.0. The van der Waals surface area contributed by atoms with Gasteiger partial charge in [-0.25, -0.2) is 0 Å². The van der Waals surface area contributed by atoms with Crippen LogP contribution in [-0.4, -0.2) is 53.1 Å². The Morgan fingerprint density at radius 2 is 1.41 bits per heavy atom. The largest absolute Gasteiger partial charge is 0.408 e. The number of ether oxygens (including phenoxy) is 2. The highest BCUT2D eigenvalue weighted by Gasteiger charge is 2.53. The summed E-state index contributed by atoms with van der Waals surface area (Å²) in [6.07, 6.45) is -0.165. The minimum atomic E-state index is -2.88. The molecule has 3 rings (SSSR count). The molecule has 0 amide bonds. The zero-order valence-electron chi connectivity index (χ0n) is 25.5. The lowest BCUT2D eigenvalue weighted by Crippen LogP contribution is -2.67. The van der Waals surface area contributed by atoms with Crippen molar-refractivity contribution in [2.75, 3.05) is 6.61 Å². The van der Waals surface area contributed by atoms with Crippen LogP contribution in [0.5, 0.6) is 0 Å². The number of ketones is 1. The number of hydrogen-bond donors (Lipinski definition) is 0. The average Bonchev–Trinajstić information content (AvgIpc) is 3.18. The molecule has 1 aliphatic heterocycles. The van der Waals surface area contributed by atoms with Crippen LogP contribution in [0, 0.1) is 0 Å². The summed E-state index contributed by atoms with van der Waals surface area (Å²) >= 11 is 0.